The average Bonchev–Trinajstić information content (AvgIpc) is 3.17. The maximum atomic E-state index is 13.2. The third-order valence-electron chi connectivity index (χ3n) is 5.04. The van der Waals surface area contributed by atoms with Crippen LogP contribution in [0.1, 0.15) is 35.9 Å². The van der Waals surface area contributed by atoms with Gasteiger partial charge in [0.05, 0.1) is 33.7 Å². The molecule has 0 aliphatic carbocycles. The summed E-state index contributed by atoms with van der Waals surface area (Å²) < 4.78 is 42.8. The molecule has 0 bridgehead atoms. The van der Waals surface area contributed by atoms with Gasteiger partial charge in [-0.2, -0.15) is 5.10 Å². The maximum absolute atomic E-state index is 13.2. The number of carbonyl (C=O) groups excluding carboxylic acids is 1. The Morgan fingerprint density at radius 1 is 1.06 bits per heavy atom. The van der Waals surface area contributed by atoms with E-state index in [9.17, 15) is 17.6 Å². The van der Waals surface area contributed by atoms with Crippen molar-refractivity contribution in [2.45, 2.75) is 31.7 Å². The zero-order valence-electron chi connectivity index (χ0n) is 18.2. The van der Waals surface area contributed by atoms with Gasteiger partial charge >= 0.3 is 0 Å². The van der Waals surface area contributed by atoms with Gasteiger partial charge in [-0.05, 0) is 63.2 Å². The second kappa shape index (κ2) is 8.62. The lowest BCUT2D eigenvalue weighted by molar-refractivity contribution is 0.102. The fourth-order valence-corrected chi connectivity index (χ4v) is 4.44. The Labute approximate surface area is 190 Å². The molecule has 0 atom stereocenters. The van der Waals surface area contributed by atoms with E-state index in [1.807, 2.05) is 13.8 Å². The van der Waals surface area contributed by atoms with E-state index in [0.717, 1.165) is 17.5 Å². The standard InChI is InChI=1S/C23H22FN5O3S/c1-14(2)29-22-16(13-25-29)12-19(15(3)26-22)23(30)27-20-6-4-5-7-21(20)28-33(31,32)18-10-8-17(24)9-11-18/h4-14,28H,1-3H3,(H,27,30). The van der Waals surface area contributed by atoms with Gasteiger partial charge in [-0.3, -0.25) is 9.52 Å². The van der Waals surface area contributed by atoms with Crippen molar-refractivity contribution >= 4 is 38.3 Å². The molecule has 2 heterocycles. The predicted molar refractivity (Wildman–Crippen MR) is 124 cm³/mol. The Morgan fingerprint density at radius 3 is 2.39 bits per heavy atom. The van der Waals surface area contributed by atoms with Crippen molar-refractivity contribution in [1.29, 1.82) is 0 Å². The summed E-state index contributed by atoms with van der Waals surface area (Å²) in [6, 6.07) is 12.7. The Hall–Kier alpha value is -3.79. The highest BCUT2D eigenvalue weighted by Crippen LogP contribution is 2.26. The normalized spacial score (nSPS) is 11.7. The summed E-state index contributed by atoms with van der Waals surface area (Å²) in [5.41, 5.74) is 2.00. The van der Waals surface area contributed by atoms with Gasteiger partial charge in [-0.25, -0.2) is 22.5 Å². The first-order valence-corrected chi connectivity index (χ1v) is 11.7. The van der Waals surface area contributed by atoms with Crippen LogP contribution in [0.15, 0.2) is 65.7 Å². The molecule has 2 aromatic carbocycles. The van der Waals surface area contributed by atoms with Crippen molar-refractivity contribution in [3.63, 3.8) is 0 Å². The summed E-state index contributed by atoms with van der Waals surface area (Å²) in [7, 11) is -3.99. The number of halogens is 1. The topological polar surface area (TPSA) is 106 Å². The van der Waals surface area contributed by atoms with E-state index in [1.54, 1.807) is 42.1 Å². The molecule has 2 N–H and O–H groups in total. The van der Waals surface area contributed by atoms with Crippen LogP contribution in [-0.4, -0.2) is 29.1 Å². The van der Waals surface area contributed by atoms with E-state index >= 15 is 0 Å². The molecule has 0 aliphatic heterocycles. The molecule has 33 heavy (non-hydrogen) atoms. The number of aryl methyl sites for hydroxylation is 1. The van der Waals surface area contributed by atoms with Crippen molar-refractivity contribution in [3.8, 4) is 0 Å². The fourth-order valence-electron chi connectivity index (χ4n) is 3.36. The second-order valence-corrected chi connectivity index (χ2v) is 9.46. The number of amides is 1. The molecule has 10 heteroatoms. The van der Waals surface area contributed by atoms with Crippen LogP contribution < -0.4 is 10.0 Å². The number of benzene rings is 2. The molecule has 170 valence electrons. The summed E-state index contributed by atoms with van der Waals surface area (Å²) in [6.45, 7) is 5.72. The monoisotopic (exact) mass is 467 g/mol. The first-order chi connectivity index (χ1) is 15.7. The highest BCUT2D eigenvalue weighted by molar-refractivity contribution is 7.92. The number of hydrogen-bond donors (Lipinski definition) is 2. The lowest BCUT2D eigenvalue weighted by Gasteiger charge is -2.14. The lowest BCUT2D eigenvalue weighted by atomic mass is 10.1. The molecular weight excluding hydrogens is 445 g/mol. The van der Waals surface area contributed by atoms with Crippen molar-refractivity contribution in [3.05, 3.63) is 77.9 Å². The van der Waals surface area contributed by atoms with Crippen LogP contribution in [-0.2, 0) is 10.0 Å². The van der Waals surface area contributed by atoms with Crippen molar-refractivity contribution in [2.24, 2.45) is 0 Å². The number of fused-ring (bicyclic) bond motifs is 1. The molecule has 2 aromatic heterocycles. The van der Waals surface area contributed by atoms with Gasteiger partial charge in [-0.15, -0.1) is 0 Å². The van der Waals surface area contributed by atoms with Crippen LogP contribution in [0, 0.1) is 12.7 Å². The SMILES string of the molecule is Cc1nc2c(cnn2C(C)C)cc1C(=O)Nc1ccccc1NS(=O)(=O)c1ccc(F)cc1. The first-order valence-electron chi connectivity index (χ1n) is 10.2. The smallest absolute Gasteiger partial charge is 0.261 e. The minimum absolute atomic E-state index is 0.0994. The Balaban J connectivity index is 1.62. The van der Waals surface area contributed by atoms with Gasteiger partial charge in [0.1, 0.15) is 5.82 Å². The van der Waals surface area contributed by atoms with E-state index in [-0.39, 0.29) is 22.3 Å². The highest BCUT2D eigenvalue weighted by atomic mass is 32.2. The number of anilines is 2. The molecule has 0 aliphatic rings. The molecule has 4 aromatic rings. The van der Waals surface area contributed by atoms with Gasteiger partial charge < -0.3 is 5.32 Å². The van der Waals surface area contributed by atoms with Crippen LogP contribution in [0.4, 0.5) is 15.8 Å². The van der Waals surface area contributed by atoms with Crippen LogP contribution in [0.2, 0.25) is 0 Å². The summed E-state index contributed by atoms with van der Waals surface area (Å²) in [5, 5.41) is 7.81. The lowest BCUT2D eigenvalue weighted by Crippen LogP contribution is -2.18. The summed E-state index contributed by atoms with van der Waals surface area (Å²) in [6.07, 6.45) is 1.66. The Bertz CT molecular complexity index is 1450. The largest absolute Gasteiger partial charge is 0.320 e. The number of aromatic nitrogens is 3. The van der Waals surface area contributed by atoms with Crippen LogP contribution in [0.25, 0.3) is 11.0 Å². The van der Waals surface area contributed by atoms with Gasteiger partial charge in [0.25, 0.3) is 15.9 Å². The number of pyridine rings is 1. The number of hydrogen-bond acceptors (Lipinski definition) is 5. The molecule has 4 rings (SSSR count). The third-order valence-corrected chi connectivity index (χ3v) is 6.42. The molecule has 0 radical (unpaired) electrons. The van der Waals surface area contributed by atoms with Gasteiger partial charge in [0.15, 0.2) is 5.65 Å². The molecule has 0 saturated heterocycles. The van der Waals surface area contributed by atoms with Crippen molar-refractivity contribution < 1.29 is 17.6 Å². The zero-order valence-corrected chi connectivity index (χ0v) is 19.0. The van der Waals surface area contributed by atoms with Gasteiger partial charge in [-0.1, -0.05) is 12.1 Å². The van der Waals surface area contributed by atoms with Crippen molar-refractivity contribution in [1.82, 2.24) is 14.8 Å². The fraction of sp³-hybridized carbons (Fsp3) is 0.174. The quantitative estimate of drug-likeness (QED) is 0.434. The van der Waals surface area contributed by atoms with E-state index in [4.69, 9.17) is 0 Å². The van der Waals surface area contributed by atoms with E-state index < -0.39 is 21.7 Å². The molecule has 0 spiro atoms. The van der Waals surface area contributed by atoms with E-state index in [2.05, 4.69) is 20.1 Å². The molecule has 1 amide bonds. The second-order valence-electron chi connectivity index (χ2n) is 7.78. The number of nitrogens with one attached hydrogen (secondary N) is 2. The molecular formula is C23H22FN5O3S. The average molecular weight is 468 g/mol. The summed E-state index contributed by atoms with van der Waals surface area (Å²) in [4.78, 5) is 17.5. The van der Waals surface area contributed by atoms with Gasteiger partial charge in [0, 0.05) is 11.4 Å². The number of carbonyl (C=O) groups is 1. The Morgan fingerprint density at radius 2 is 1.73 bits per heavy atom. The summed E-state index contributed by atoms with van der Waals surface area (Å²) >= 11 is 0. The van der Waals surface area contributed by atoms with Gasteiger partial charge in [0.2, 0.25) is 0 Å². The number of para-hydroxylation sites is 2. The first kappa shape index (κ1) is 22.4. The summed E-state index contributed by atoms with van der Waals surface area (Å²) in [5.74, 6) is -0.978. The minimum Gasteiger partial charge on any atom is -0.320 e. The van der Waals surface area contributed by atoms with Crippen LogP contribution in [0.5, 0.6) is 0 Å². The minimum atomic E-state index is -3.99. The van der Waals surface area contributed by atoms with Crippen LogP contribution >= 0.6 is 0 Å². The third kappa shape index (κ3) is 4.56. The maximum Gasteiger partial charge on any atom is 0.261 e. The number of nitrogens with zero attached hydrogens (tertiary/aromatic N) is 3. The van der Waals surface area contributed by atoms with E-state index in [1.165, 1.54) is 18.2 Å². The molecule has 0 unspecified atom stereocenters. The van der Waals surface area contributed by atoms with Crippen LogP contribution in [0.3, 0.4) is 0 Å². The molecule has 0 fully saturated rings. The highest BCUT2D eigenvalue weighted by Gasteiger charge is 2.19. The van der Waals surface area contributed by atoms with Crippen molar-refractivity contribution in [2.75, 3.05) is 10.0 Å². The molecule has 0 saturated carbocycles. The zero-order chi connectivity index (χ0) is 23.8. The number of sulfonamides is 1. The Kier molecular flexibility index (Phi) is 5.86. The predicted octanol–water partition coefficient (Wildman–Crippen LogP) is 4.51. The van der Waals surface area contributed by atoms with E-state index in [0.29, 0.717) is 16.9 Å². The molecule has 8 nitrogen and oxygen atoms in total. The number of rotatable bonds is 6.